The van der Waals surface area contributed by atoms with Crippen LogP contribution in [0.5, 0.6) is 5.88 Å². The molecular weight excluding hydrogens is 349 g/mol. The fraction of sp³-hybridized carbons (Fsp3) is 0.412. The van der Waals surface area contributed by atoms with Crippen LogP contribution in [0.3, 0.4) is 0 Å². The van der Waals surface area contributed by atoms with Crippen LogP contribution < -0.4 is 10.1 Å². The zero-order valence-corrected chi connectivity index (χ0v) is 13.8. The standard InChI is InChI=1S/C17H17F3N4O2/c18-17(19,20)10-26-16-13(11-3-1-2-4-11)7-12(8-23-16)15(25)24-14-9-21-5-6-22-14/h5-9,11H,1-4,10H2,(H,22,24,25). The Morgan fingerprint density at radius 3 is 2.62 bits per heavy atom. The number of nitrogens with one attached hydrogen (secondary N) is 1. The summed E-state index contributed by atoms with van der Waals surface area (Å²) in [5, 5.41) is 2.58. The summed E-state index contributed by atoms with van der Waals surface area (Å²) in [4.78, 5) is 24.1. The number of nitrogens with zero attached hydrogens (tertiary/aromatic N) is 3. The van der Waals surface area contributed by atoms with Gasteiger partial charge in [-0.15, -0.1) is 0 Å². The van der Waals surface area contributed by atoms with E-state index in [1.807, 2.05) is 0 Å². The number of alkyl halides is 3. The van der Waals surface area contributed by atoms with Gasteiger partial charge in [-0.05, 0) is 24.8 Å². The van der Waals surface area contributed by atoms with Crippen LogP contribution in [-0.4, -0.2) is 33.6 Å². The molecule has 0 unspecified atom stereocenters. The minimum Gasteiger partial charge on any atom is -0.468 e. The maximum absolute atomic E-state index is 12.5. The van der Waals surface area contributed by atoms with Gasteiger partial charge in [0, 0.05) is 24.2 Å². The zero-order valence-electron chi connectivity index (χ0n) is 13.8. The summed E-state index contributed by atoms with van der Waals surface area (Å²) in [6, 6.07) is 1.56. The normalized spacial score (nSPS) is 15.0. The van der Waals surface area contributed by atoms with Gasteiger partial charge < -0.3 is 10.1 Å². The highest BCUT2D eigenvalue weighted by atomic mass is 19.4. The maximum Gasteiger partial charge on any atom is 0.422 e. The van der Waals surface area contributed by atoms with Crippen molar-refractivity contribution in [2.75, 3.05) is 11.9 Å². The highest BCUT2D eigenvalue weighted by molar-refractivity contribution is 6.03. The topological polar surface area (TPSA) is 77.0 Å². The summed E-state index contributed by atoms with van der Waals surface area (Å²) < 4.78 is 42.3. The van der Waals surface area contributed by atoms with Crippen LogP contribution in [0.1, 0.15) is 47.5 Å². The molecule has 1 fully saturated rings. The number of halogens is 3. The molecule has 0 aliphatic heterocycles. The lowest BCUT2D eigenvalue weighted by atomic mass is 9.97. The molecule has 1 amide bonds. The molecule has 9 heteroatoms. The number of aromatic nitrogens is 3. The second kappa shape index (κ2) is 7.67. The number of carbonyl (C=O) groups is 1. The minimum atomic E-state index is -4.45. The van der Waals surface area contributed by atoms with E-state index in [0.717, 1.165) is 25.7 Å². The molecule has 0 spiro atoms. The molecule has 3 rings (SSSR count). The molecule has 2 heterocycles. The molecule has 1 saturated carbocycles. The molecule has 26 heavy (non-hydrogen) atoms. The first-order chi connectivity index (χ1) is 12.4. The van der Waals surface area contributed by atoms with Crippen LogP contribution in [0.25, 0.3) is 0 Å². The van der Waals surface area contributed by atoms with Gasteiger partial charge >= 0.3 is 6.18 Å². The number of ether oxygens (including phenoxy) is 1. The summed E-state index contributed by atoms with van der Waals surface area (Å²) in [6.45, 7) is -1.41. The zero-order chi connectivity index (χ0) is 18.6. The first-order valence-corrected chi connectivity index (χ1v) is 8.19. The average Bonchev–Trinajstić information content (AvgIpc) is 3.14. The van der Waals surface area contributed by atoms with Crippen LogP contribution in [0.15, 0.2) is 30.9 Å². The Balaban J connectivity index is 1.82. The van der Waals surface area contributed by atoms with Crippen molar-refractivity contribution in [1.29, 1.82) is 0 Å². The van der Waals surface area contributed by atoms with Crippen molar-refractivity contribution in [3.8, 4) is 5.88 Å². The average molecular weight is 366 g/mol. The van der Waals surface area contributed by atoms with E-state index in [2.05, 4.69) is 20.3 Å². The van der Waals surface area contributed by atoms with Crippen LogP contribution in [0.4, 0.5) is 19.0 Å². The van der Waals surface area contributed by atoms with E-state index in [-0.39, 0.29) is 23.2 Å². The molecule has 1 aliphatic rings. The molecule has 0 saturated heterocycles. The Kier molecular flexibility index (Phi) is 5.34. The Hall–Kier alpha value is -2.71. The molecule has 0 radical (unpaired) electrons. The van der Waals surface area contributed by atoms with Gasteiger partial charge in [0.1, 0.15) is 0 Å². The van der Waals surface area contributed by atoms with Crippen molar-refractivity contribution in [3.63, 3.8) is 0 Å². The number of hydrogen-bond acceptors (Lipinski definition) is 5. The molecule has 2 aromatic heterocycles. The summed E-state index contributed by atoms with van der Waals surface area (Å²) in [7, 11) is 0. The number of amides is 1. The van der Waals surface area contributed by atoms with Crippen molar-refractivity contribution in [2.24, 2.45) is 0 Å². The lowest BCUT2D eigenvalue weighted by Gasteiger charge is -2.17. The lowest BCUT2D eigenvalue weighted by molar-refractivity contribution is -0.154. The smallest absolute Gasteiger partial charge is 0.422 e. The fourth-order valence-corrected chi connectivity index (χ4v) is 2.95. The molecule has 0 aromatic carbocycles. The van der Waals surface area contributed by atoms with Crippen molar-refractivity contribution < 1.29 is 22.7 Å². The number of hydrogen-bond donors (Lipinski definition) is 1. The Morgan fingerprint density at radius 1 is 1.19 bits per heavy atom. The third kappa shape index (κ3) is 4.68. The van der Waals surface area contributed by atoms with E-state index < -0.39 is 18.7 Å². The molecular formula is C17H17F3N4O2. The van der Waals surface area contributed by atoms with Gasteiger partial charge in [0.15, 0.2) is 12.4 Å². The molecule has 1 N–H and O–H groups in total. The molecule has 138 valence electrons. The van der Waals surface area contributed by atoms with Crippen LogP contribution in [0.2, 0.25) is 0 Å². The first-order valence-electron chi connectivity index (χ1n) is 8.19. The lowest BCUT2D eigenvalue weighted by Crippen LogP contribution is -2.21. The van der Waals surface area contributed by atoms with Crippen molar-refractivity contribution in [1.82, 2.24) is 15.0 Å². The van der Waals surface area contributed by atoms with Gasteiger partial charge in [-0.3, -0.25) is 9.78 Å². The predicted molar refractivity (Wildman–Crippen MR) is 87.0 cm³/mol. The monoisotopic (exact) mass is 366 g/mol. The number of anilines is 1. The van der Waals surface area contributed by atoms with Gasteiger partial charge in [0.2, 0.25) is 5.88 Å². The van der Waals surface area contributed by atoms with Crippen LogP contribution in [0, 0.1) is 0 Å². The van der Waals surface area contributed by atoms with Crippen molar-refractivity contribution >= 4 is 11.7 Å². The van der Waals surface area contributed by atoms with E-state index in [1.54, 1.807) is 6.07 Å². The van der Waals surface area contributed by atoms with E-state index in [4.69, 9.17) is 4.74 Å². The van der Waals surface area contributed by atoms with Gasteiger partial charge in [-0.2, -0.15) is 13.2 Å². The van der Waals surface area contributed by atoms with Crippen molar-refractivity contribution in [2.45, 2.75) is 37.8 Å². The van der Waals surface area contributed by atoms with E-state index >= 15 is 0 Å². The van der Waals surface area contributed by atoms with Gasteiger partial charge in [-0.1, -0.05) is 12.8 Å². The molecule has 1 aliphatic carbocycles. The SMILES string of the molecule is O=C(Nc1cnccn1)c1cnc(OCC(F)(F)F)c(C2CCCC2)c1. The Morgan fingerprint density at radius 2 is 1.96 bits per heavy atom. The number of rotatable bonds is 5. The molecule has 0 bridgehead atoms. The summed E-state index contributed by atoms with van der Waals surface area (Å²) in [6.07, 6.45) is 4.70. The largest absolute Gasteiger partial charge is 0.468 e. The first kappa shape index (κ1) is 18.1. The molecule has 0 atom stereocenters. The van der Waals surface area contributed by atoms with E-state index in [0.29, 0.717) is 5.56 Å². The third-order valence-electron chi connectivity index (χ3n) is 4.11. The quantitative estimate of drug-likeness (QED) is 0.873. The number of pyridine rings is 1. The van der Waals surface area contributed by atoms with Gasteiger partial charge in [-0.25, -0.2) is 9.97 Å². The Labute approximate surface area is 147 Å². The second-order valence-corrected chi connectivity index (χ2v) is 6.05. The number of carbonyl (C=O) groups excluding carboxylic acids is 1. The Bertz CT molecular complexity index is 762. The van der Waals surface area contributed by atoms with Crippen LogP contribution in [-0.2, 0) is 0 Å². The highest BCUT2D eigenvalue weighted by Gasteiger charge is 2.30. The summed E-state index contributed by atoms with van der Waals surface area (Å²) in [5.74, 6) is -0.211. The predicted octanol–water partition coefficient (Wildman–Crippen LogP) is 3.72. The van der Waals surface area contributed by atoms with Gasteiger partial charge in [0.25, 0.3) is 5.91 Å². The van der Waals surface area contributed by atoms with E-state index in [9.17, 15) is 18.0 Å². The molecule has 2 aromatic rings. The summed E-state index contributed by atoms with van der Waals surface area (Å²) in [5.41, 5.74) is 0.774. The minimum absolute atomic E-state index is 0.0370. The summed E-state index contributed by atoms with van der Waals surface area (Å²) >= 11 is 0. The van der Waals surface area contributed by atoms with Gasteiger partial charge in [0.05, 0.1) is 11.8 Å². The second-order valence-electron chi connectivity index (χ2n) is 6.05. The fourth-order valence-electron chi connectivity index (χ4n) is 2.95. The van der Waals surface area contributed by atoms with E-state index in [1.165, 1.54) is 24.8 Å². The molecule has 6 nitrogen and oxygen atoms in total. The van der Waals surface area contributed by atoms with Crippen molar-refractivity contribution in [3.05, 3.63) is 42.0 Å². The highest BCUT2D eigenvalue weighted by Crippen LogP contribution is 2.38. The third-order valence-corrected chi connectivity index (χ3v) is 4.11. The maximum atomic E-state index is 12.5. The van der Waals surface area contributed by atoms with Crippen LogP contribution >= 0.6 is 0 Å².